The second kappa shape index (κ2) is 7.63. The zero-order chi connectivity index (χ0) is 21.7. The number of halogens is 1. The molecule has 0 saturated carbocycles. The molecule has 0 bridgehead atoms. The van der Waals surface area contributed by atoms with Gasteiger partial charge in [-0.2, -0.15) is 4.98 Å². The molecule has 5 rings (SSSR count). The van der Waals surface area contributed by atoms with Gasteiger partial charge in [-0.1, -0.05) is 0 Å². The third-order valence-corrected chi connectivity index (χ3v) is 5.54. The number of hydrogen-bond donors (Lipinski definition) is 2. The molecule has 2 N–H and O–H groups in total. The molecule has 164 valence electrons. The molecule has 31 heavy (non-hydrogen) atoms. The summed E-state index contributed by atoms with van der Waals surface area (Å²) in [6.07, 6.45) is -1.75. The number of methoxy groups -OCH3 is 1. The van der Waals surface area contributed by atoms with E-state index in [0.717, 1.165) is 0 Å². The van der Waals surface area contributed by atoms with E-state index in [1.165, 1.54) is 13.2 Å². The molecular weight excluding hydrogens is 407 g/mol. The number of aliphatic hydroxyl groups excluding tert-OH is 1. The Bertz CT molecular complexity index is 1120. The summed E-state index contributed by atoms with van der Waals surface area (Å²) in [5.41, 5.74) is 1.62. The fraction of sp³-hybridized carbons (Fsp3) is 0.429. The standard InChI is InChI=1S/C21H23FN4O5/c1-26(2)16-5-4-10(21(25-16)28-3)18-11(22)6-12-13(24-18)7-17(23-12)31-15-9-30-19-14(27)8-29-20(15)19/h4-7,14-15,19-20,23,27H,8-9H2,1-3H3/t14-,15-,19-,20-/m1/s1. The van der Waals surface area contributed by atoms with Crippen molar-refractivity contribution in [2.75, 3.05) is 39.3 Å². The van der Waals surface area contributed by atoms with Crippen LogP contribution in [0.1, 0.15) is 0 Å². The highest BCUT2D eigenvalue weighted by atomic mass is 19.1. The largest absolute Gasteiger partial charge is 0.480 e. The predicted octanol–water partition coefficient (Wildman–Crippen LogP) is 1.74. The Morgan fingerprint density at radius 2 is 1.97 bits per heavy atom. The van der Waals surface area contributed by atoms with Crippen LogP contribution in [0.4, 0.5) is 10.2 Å². The van der Waals surface area contributed by atoms with Crippen LogP contribution in [0, 0.1) is 5.82 Å². The van der Waals surface area contributed by atoms with E-state index in [4.69, 9.17) is 18.9 Å². The topological polar surface area (TPSA) is 102 Å². The monoisotopic (exact) mass is 430 g/mol. The van der Waals surface area contributed by atoms with Crippen molar-refractivity contribution in [3.05, 3.63) is 30.1 Å². The summed E-state index contributed by atoms with van der Waals surface area (Å²) in [7, 11) is 5.22. The summed E-state index contributed by atoms with van der Waals surface area (Å²) in [5.74, 6) is 0.891. The van der Waals surface area contributed by atoms with Gasteiger partial charge in [-0.25, -0.2) is 9.37 Å². The lowest BCUT2D eigenvalue weighted by Crippen LogP contribution is -2.34. The smallest absolute Gasteiger partial charge is 0.224 e. The van der Waals surface area contributed by atoms with E-state index in [9.17, 15) is 9.50 Å². The van der Waals surface area contributed by atoms with Crippen molar-refractivity contribution in [2.24, 2.45) is 0 Å². The lowest BCUT2D eigenvalue weighted by Gasteiger charge is -2.16. The fourth-order valence-corrected chi connectivity index (χ4v) is 3.98. The number of rotatable bonds is 5. The molecule has 3 aromatic rings. The fourth-order valence-electron chi connectivity index (χ4n) is 3.98. The quantitative estimate of drug-likeness (QED) is 0.631. The van der Waals surface area contributed by atoms with Gasteiger partial charge in [0.05, 0.1) is 36.9 Å². The molecular formula is C21H23FN4O5. The number of fused-ring (bicyclic) bond motifs is 2. The number of ether oxygens (including phenoxy) is 4. The zero-order valence-corrected chi connectivity index (χ0v) is 17.3. The molecule has 0 unspecified atom stereocenters. The molecule has 5 heterocycles. The Labute approximate surface area is 177 Å². The van der Waals surface area contributed by atoms with Crippen LogP contribution < -0.4 is 14.4 Å². The van der Waals surface area contributed by atoms with Gasteiger partial charge in [0.1, 0.15) is 29.8 Å². The lowest BCUT2D eigenvalue weighted by atomic mass is 10.1. The first-order valence-corrected chi connectivity index (χ1v) is 9.94. The number of aliphatic hydroxyl groups is 1. The van der Waals surface area contributed by atoms with E-state index < -0.39 is 11.9 Å². The normalized spacial score (nSPS) is 25.1. The van der Waals surface area contributed by atoms with Crippen molar-refractivity contribution in [3.8, 4) is 23.0 Å². The first-order valence-electron chi connectivity index (χ1n) is 9.94. The molecule has 0 amide bonds. The number of aromatic amines is 1. The maximum absolute atomic E-state index is 14.9. The molecule has 10 heteroatoms. The minimum atomic E-state index is -0.651. The Morgan fingerprint density at radius 1 is 1.16 bits per heavy atom. The van der Waals surface area contributed by atoms with Gasteiger partial charge in [-0.15, -0.1) is 0 Å². The molecule has 0 spiro atoms. The third kappa shape index (κ3) is 3.46. The first-order chi connectivity index (χ1) is 14.9. The Morgan fingerprint density at radius 3 is 2.74 bits per heavy atom. The summed E-state index contributed by atoms with van der Waals surface area (Å²) in [5, 5.41) is 9.87. The van der Waals surface area contributed by atoms with Crippen molar-refractivity contribution in [1.29, 1.82) is 0 Å². The predicted molar refractivity (Wildman–Crippen MR) is 110 cm³/mol. The number of pyridine rings is 2. The molecule has 0 aliphatic carbocycles. The summed E-state index contributed by atoms with van der Waals surface area (Å²) in [6.45, 7) is 0.524. The summed E-state index contributed by atoms with van der Waals surface area (Å²) in [4.78, 5) is 13.8. The van der Waals surface area contributed by atoms with Gasteiger partial charge in [0.15, 0.2) is 17.8 Å². The molecule has 2 aliphatic rings. The summed E-state index contributed by atoms with van der Waals surface area (Å²) in [6, 6.07) is 6.58. The minimum Gasteiger partial charge on any atom is -0.480 e. The number of anilines is 1. The van der Waals surface area contributed by atoms with Crippen molar-refractivity contribution in [1.82, 2.24) is 15.0 Å². The summed E-state index contributed by atoms with van der Waals surface area (Å²) >= 11 is 0. The van der Waals surface area contributed by atoms with Gasteiger partial charge >= 0.3 is 0 Å². The van der Waals surface area contributed by atoms with Gasteiger partial charge in [0.2, 0.25) is 5.88 Å². The average Bonchev–Trinajstić information content (AvgIpc) is 3.44. The van der Waals surface area contributed by atoms with Crippen LogP contribution in [0.25, 0.3) is 22.3 Å². The van der Waals surface area contributed by atoms with Crippen LogP contribution in [-0.4, -0.2) is 78.9 Å². The van der Waals surface area contributed by atoms with E-state index in [1.807, 2.05) is 19.0 Å². The van der Waals surface area contributed by atoms with Gasteiger partial charge in [0.25, 0.3) is 0 Å². The molecule has 2 aliphatic heterocycles. The number of nitrogens with one attached hydrogen (secondary N) is 1. The lowest BCUT2D eigenvalue weighted by molar-refractivity contribution is 0.00794. The highest BCUT2D eigenvalue weighted by molar-refractivity contribution is 5.82. The Kier molecular flexibility index (Phi) is 4.92. The maximum Gasteiger partial charge on any atom is 0.224 e. The Hall–Kier alpha value is -2.95. The molecule has 2 fully saturated rings. The average molecular weight is 430 g/mol. The van der Waals surface area contributed by atoms with E-state index in [2.05, 4.69) is 15.0 Å². The van der Waals surface area contributed by atoms with Crippen LogP contribution in [0.5, 0.6) is 11.8 Å². The molecule has 9 nitrogen and oxygen atoms in total. The van der Waals surface area contributed by atoms with Crippen molar-refractivity contribution in [3.63, 3.8) is 0 Å². The number of H-pyrrole nitrogens is 1. The van der Waals surface area contributed by atoms with Crippen LogP contribution in [0.2, 0.25) is 0 Å². The Balaban J connectivity index is 1.45. The SMILES string of the molecule is COc1nc(N(C)C)ccc1-c1nc2cc(O[C@@H]3CO[C@H]4[C@@H]3OC[C@H]4O)[nH]c2cc1F. The van der Waals surface area contributed by atoms with Gasteiger partial charge in [-0.3, -0.25) is 0 Å². The van der Waals surface area contributed by atoms with Crippen LogP contribution in [0.15, 0.2) is 24.3 Å². The first kappa shape index (κ1) is 20.0. The van der Waals surface area contributed by atoms with E-state index in [-0.39, 0.29) is 36.5 Å². The highest BCUT2D eigenvalue weighted by Crippen LogP contribution is 2.34. The molecule has 0 radical (unpaired) electrons. The number of hydrogen-bond acceptors (Lipinski definition) is 8. The second-order valence-corrected chi connectivity index (χ2v) is 7.83. The summed E-state index contributed by atoms with van der Waals surface area (Å²) < 4.78 is 37.4. The van der Waals surface area contributed by atoms with Crippen molar-refractivity contribution < 1.29 is 28.4 Å². The number of nitrogens with zero attached hydrogens (tertiary/aromatic N) is 3. The van der Waals surface area contributed by atoms with Crippen LogP contribution in [-0.2, 0) is 9.47 Å². The number of aromatic nitrogens is 3. The maximum atomic E-state index is 14.9. The second-order valence-electron chi connectivity index (χ2n) is 7.83. The highest BCUT2D eigenvalue weighted by Gasteiger charge is 2.48. The molecule has 4 atom stereocenters. The zero-order valence-electron chi connectivity index (χ0n) is 17.3. The van der Waals surface area contributed by atoms with Crippen LogP contribution in [0.3, 0.4) is 0 Å². The van der Waals surface area contributed by atoms with Crippen LogP contribution >= 0.6 is 0 Å². The van der Waals surface area contributed by atoms with E-state index in [0.29, 0.717) is 34.9 Å². The molecule has 0 aromatic carbocycles. The van der Waals surface area contributed by atoms with Crippen molar-refractivity contribution >= 4 is 16.9 Å². The minimum absolute atomic E-state index is 0.138. The molecule has 2 saturated heterocycles. The van der Waals surface area contributed by atoms with Gasteiger partial charge < -0.3 is 33.9 Å². The van der Waals surface area contributed by atoms with Gasteiger partial charge in [0, 0.05) is 26.2 Å². The van der Waals surface area contributed by atoms with Crippen molar-refractivity contribution in [2.45, 2.75) is 24.4 Å². The van der Waals surface area contributed by atoms with Gasteiger partial charge in [-0.05, 0) is 12.1 Å². The third-order valence-electron chi connectivity index (χ3n) is 5.54. The van der Waals surface area contributed by atoms with E-state index >= 15 is 0 Å². The molecule has 3 aromatic heterocycles. The van der Waals surface area contributed by atoms with E-state index in [1.54, 1.807) is 18.2 Å².